The zero-order valence-electron chi connectivity index (χ0n) is 13.9. The number of aromatic carboxylic acids is 1. The number of aryl methyl sites for hydroxylation is 1. The van der Waals surface area contributed by atoms with Gasteiger partial charge in [-0.3, -0.25) is 4.57 Å². The fourth-order valence-corrected chi connectivity index (χ4v) is 2.62. The third-order valence-corrected chi connectivity index (χ3v) is 3.92. The molecule has 0 aliphatic heterocycles. The Labute approximate surface area is 140 Å². The molecule has 122 valence electrons. The molecule has 0 atom stereocenters. The highest BCUT2D eigenvalue weighted by Crippen LogP contribution is 2.26. The van der Waals surface area contributed by atoms with Crippen molar-refractivity contribution >= 4 is 5.97 Å². The molecule has 0 unspecified atom stereocenters. The van der Waals surface area contributed by atoms with E-state index in [4.69, 9.17) is 0 Å². The van der Waals surface area contributed by atoms with Gasteiger partial charge in [-0.25, -0.2) is 4.79 Å². The standard InChI is InChI=1S/C19H19N3O2/c1-12(2)18-21-20-11-22(18)17-9-15(8-16(10-17)19(23)24)14-6-4-13(3)5-7-14/h4-12H,1-3H3,(H,23,24). The summed E-state index contributed by atoms with van der Waals surface area (Å²) in [4.78, 5) is 11.5. The Morgan fingerprint density at radius 1 is 1.08 bits per heavy atom. The zero-order chi connectivity index (χ0) is 17.3. The van der Waals surface area contributed by atoms with Crippen molar-refractivity contribution in [1.82, 2.24) is 14.8 Å². The van der Waals surface area contributed by atoms with Crippen molar-refractivity contribution in [3.05, 3.63) is 65.7 Å². The molecule has 0 radical (unpaired) electrons. The van der Waals surface area contributed by atoms with Crippen molar-refractivity contribution in [2.24, 2.45) is 0 Å². The van der Waals surface area contributed by atoms with Gasteiger partial charge in [-0.15, -0.1) is 10.2 Å². The van der Waals surface area contributed by atoms with Crippen LogP contribution in [-0.2, 0) is 0 Å². The molecule has 0 bridgehead atoms. The van der Waals surface area contributed by atoms with Gasteiger partial charge >= 0.3 is 5.97 Å². The second-order valence-corrected chi connectivity index (χ2v) is 6.15. The minimum atomic E-state index is -0.954. The average molecular weight is 321 g/mol. The number of carbonyl (C=O) groups is 1. The Morgan fingerprint density at radius 2 is 1.79 bits per heavy atom. The van der Waals surface area contributed by atoms with Crippen molar-refractivity contribution in [3.63, 3.8) is 0 Å². The largest absolute Gasteiger partial charge is 0.478 e. The monoisotopic (exact) mass is 321 g/mol. The minimum absolute atomic E-state index is 0.184. The predicted molar refractivity (Wildman–Crippen MR) is 92.6 cm³/mol. The fraction of sp³-hybridized carbons (Fsp3) is 0.211. The molecule has 0 saturated heterocycles. The van der Waals surface area contributed by atoms with Crippen molar-refractivity contribution in [2.45, 2.75) is 26.7 Å². The third-order valence-electron chi connectivity index (χ3n) is 3.92. The molecule has 0 fully saturated rings. The molecule has 2 aromatic carbocycles. The lowest BCUT2D eigenvalue weighted by Crippen LogP contribution is -2.05. The maximum absolute atomic E-state index is 11.5. The summed E-state index contributed by atoms with van der Waals surface area (Å²) < 4.78 is 1.84. The van der Waals surface area contributed by atoms with Gasteiger partial charge in [-0.2, -0.15) is 0 Å². The molecular formula is C19H19N3O2. The summed E-state index contributed by atoms with van der Waals surface area (Å²) in [5.74, 6) is 0.0283. The molecule has 3 aromatic rings. The smallest absolute Gasteiger partial charge is 0.335 e. The summed E-state index contributed by atoms with van der Waals surface area (Å²) in [6.45, 7) is 6.08. The van der Waals surface area contributed by atoms with Crippen LogP contribution < -0.4 is 0 Å². The van der Waals surface area contributed by atoms with Crippen molar-refractivity contribution in [2.75, 3.05) is 0 Å². The SMILES string of the molecule is Cc1ccc(-c2cc(C(=O)O)cc(-n3cnnc3C(C)C)c2)cc1. The lowest BCUT2D eigenvalue weighted by Gasteiger charge is -2.12. The predicted octanol–water partition coefficient (Wildman–Crippen LogP) is 4.06. The Bertz CT molecular complexity index is 880. The van der Waals surface area contributed by atoms with E-state index in [1.807, 2.05) is 55.7 Å². The Balaban J connectivity index is 2.18. The number of benzene rings is 2. The molecule has 5 heteroatoms. The van der Waals surface area contributed by atoms with Gasteiger partial charge in [0.05, 0.1) is 5.56 Å². The summed E-state index contributed by atoms with van der Waals surface area (Å²) in [5.41, 5.74) is 3.98. The average Bonchev–Trinajstić information content (AvgIpc) is 3.05. The second-order valence-electron chi connectivity index (χ2n) is 6.15. The summed E-state index contributed by atoms with van der Waals surface area (Å²) in [7, 11) is 0. The van der Waals surface area contributed by atoms with Crippen LogP contribution in [0.15, 0.2) is 48.8 Å². The molecule has 1 aromatic heterocycles. The second kappa shape index (κ2) is 6.28. The molecule has 0 aliphatic carbocycles. The first kappa shape index (κ1) is 15.9. The third kappa shape index (κ3) is 3.06. The Morgan fingerprint density at radius 3 is 2.42 bits per heavy atom. The van der Waals surface area contributed by atoms with E-state index in [1.54, 1.807) is 18.5 Å². The van der Waals surface area contributed by atoms with Crippen LogP contribution in [0.1, 0.15) is 41.5 Å². The van der Waals surface area contributed by atoms with Crippen LogP contribution in [0.5, 0.6) is 0 Å². The van der Waals surface area contributed by atoms with Gasteiger partial charge in [-0.1, -0.05) is 43.7 Å². The maximum Gasteiger partial charge on any atom is 0.335 e. The summed E-state index contributed by atoms with van der Waals surface area (Å²) in [6.07, 6.45) is 1.62. The van der Waals surface area contributed by atoms with Crippen LogP contribution in [0, 0.1) is 6.92 Å². The van der Waals surface area contributed by atoms with Crippen LogP contribution in [0.2, 0.25) is 0 Å². The molecular weight excluding hydrogens is 302 g/mol. The molecule has 1 heterocycles. The normalized spacial score (nSPS) is 11.0. The lowest BCUT2D eigenvalue weighted by atomic mass is 10.0. The number of nitrogens with zero attached hydrogens (tertiary/aromatic N) is 3. The number of carboxylic acids is 1. The summed E-state index contributed by atoms with van der Waals surface area (Å²) in [5, 5.41) is 17.6. The molecule has 0 amide bonds. The van der Waals surface area contributed by atoms with E-state index in [0.717, 1.165) is 28.2 Å². The molecule has 5 nitrogen and oxygen atoms in total. The number of hydrogen-bond donors (Lipinski definition) is 1. The van der Waals surface area contributed by atoms with Crippen molar-refractivity contribution < 1.29 is 9.90 Å². The van der Waals surface area contributed by atoms with Crippen LogP contribution in [-0.4, -0.2) is 25.8 Å². The molecule has 0 saturated carbocycles. The number of rotatable bonds is 4. The number of aromatic nitrogens is 3. The van der Waals surface area contributed by atoms with E-state index < -0.39 is 5.97 Å². The van der Waals surface area contributed by atoms with Crippen molar-refractivity contribution in [1.29, 1.82) is 0 Å². The van der Waals surface area contributed by atoms with Crippen LogP contribution in [0.25, 0.3) is 16.8 Å². The molecule has 1 N–H and O–H groups in total. The Hall–Kier alpha value is -2.95. The highest BCUT2D eigenvalue weighted by atomic mass is 16.4. The first-order chi connectivity index (χ1) is 11.5. The van der Waals surface area contributed by atoms with E-state index in [9.17, 15) is 9.90 Å². The molecule has 0 spiro atoms. The van der Waals surface area contributed by atoms with Gasteiger partial charge in [0, 0.05) is 11.6 Å². The van der Waals surface area contributed by atoms with Gasteiger partial charge in [0.2, 0.25) is 0 Å². The molecule has 24 heavy (non-hydrogen) atoms. The fourth-order valence-electron chi connectivity index (χ4n) is 2.62. The van der Waals surface area contributed by atoms with Gasteiger partial charge in [0.1, 0.15) is 12.2 Å². The van der Waals surface area contributed by atoms with Gasteiger partial charge in [0.25, 0.3) is 0 Å². The van der Waals surface area contributed by atoms with E-state index >= 15 is 0 Å². The van der Waals surface area contributed by atoms with E-state index in [2.05, 4.69) is 10.2 Å². The highest BCUT2D eigenvalue weighted by Gasteiger charge is 2.14. The lowest BCUT2D eigenvalue weighted by molar-refractivity contribution is 0.0697. The topological polar surface area (TPSA) is 68.0 Å². The number of hydrogen-bond acceptors (Lipinski definition) is 3. The molecule has 0 aliphatic rings. The van der Waals surface area contributed by atoms with E-state index in [1.165, 1.54) is 0 Å². The minimum Gasteiger partial charge on any atom is -0.478 e. The van der Waals surface area contributed by atoms with Crippen LogP contribution in [0.3, 0.4) is 0 Å². The first-order valence-electron chi connectivity index (χ1n) is 7.81. The quantitative estimate of drug-likeness (QED) is 0.786. The number of carboxylic acid groups (broad SMARTS) is 1. The summed E-state index contributed by atoms with van der Waals surface area (Å²) >= 11 is 0. The van der Waals surface area contributed by atoms with Gasteiger partial charge in [-0.05, 0) is 36.2 Å². The maximum atomic E-state index is 11.5. The van der Waals surface area contributed by atoms with Gasteiger partial charge in [0.15, 0.2) is 0 Å². The summed E-state index contributed by atoms with van der Waals surface area (Å²) in [6, 6.07) is 13.3. The first-order valence-corrected chi connectivity index (χ1v) is 7.81. The van der Waals surface area contributed by atoms with E-state index in [-0.39, 0.29) is 11.5 Å². The highest BCUT2D eigenvalue weighted by molar-refractivity contribution is 5.90. The zero-order valence-corrected chi connectivity index (χ0v) is 13.9. The van der Waals surface area contributed by atoms with Crippen molar-refractivity contribution in [3.8, 4) is 16.8 Å². The molecule has 3 rings (SSSR count). The Kier molecular flexibility index (Phi) is 4.16. The van der Waals surface area contributed by atoms with E-state index in [0.29, 0.717) is 0 Å². The van der Waals surface area contributed by atoms with Gasteiger partial charge < -0.3 is 5.11 Å². The van der Waals surface area contributed by atoms with Crippen LogP contribution in [0.4, 0.5) is 0 Å². The van der Waals surface area contributed by atoms with Crippen LogP contribution >= 0.6 is 0 Å².